The summed E-state index contributed by atoms with van der Waals surface area (Å²) in [5.74, 6) is 0.176. The number of nitrogens with zero attached hydrogens (tertiary/aromatic N) is 3. The van der Waals surface area contributed by atoms with Crippen LogP contribution in [0.3, 0.4) is 0 Å². The highest BCUT2D eigenvalue weighted by molar-refractivity contribution is 8.01. The Labute approximate surface area is 184 Å². The Bertz CT molecular complexity index is 961. The zero-order chi connectivity index (χ0) is 21.0. The molecule has 0 bridgehead atoms. The highest BCUT2D eigenvalue weighted by Gasteiger charge is 2.35. The topological polar surface area (TPSA) is 101 Å². The molecule has 0 spiro atoms. The standard InChI is InChI=1S/C19H24N4O4S3/c24-17(12-28-19-22-21-18(29-19)20-11-16-7-4-9-27-16)23(14-5-2-1-3-6-14)15-8-10-30(25,26)13-15/h1-3,5-6,15-16H,4,7-13H2,(H,20,21)/t15-,16+/m0/s1. The van der Waals surface area contributed by atoms with E-state index in [9.17, 15) is 13.2 Å². The number of carbonyl (C=O) groups is 1. The van der Waals surface area contributed by atoms with Gasteiger partial charge in [0.1, 0.15) is 0 Å². The van der Waals surface area contributed by atoms with Crippen LogP contribution in [-0.2, 0) is 19.4 Å². The Morgan fingerprint density at radius 2 is 2.10 bits per heavy atom. The van der Waals surface area contributed by atoms with E-state index in [0.717, 1.165) is 25.1 Å². The van der Waals surface area contributed by atoms with E-state index in [-0.39, 0.29) is 35.3 Å². The molecule has 2 aliphatic rings. The molecule has 30 heavy (non-hydrogen) atoms. The van der Waals surface area contributed by atoms with Crippen molar-refractivity contribution in [2.24, 2.45) is 0 Å². The number of benzene rings is 1. The van der Waals surface area contributed by atoms with Crippen LogP contribution in [0.2, 0.25) is 0 Å². The highest BCUT2D eigenvalue weighted by atomic mass is 32.2. The number of aromatic nitrogens is 2. The van der Waals surface area contributed by atoms with Gasteiger partial charge in [-0.25, -0.2) is 8.42 Å². The fourth-order valence-corrected chi connectivity index (χ4v) is 6.98. The molecule has 11 heteroatoms. The number of hydrogen-bond acceptors (Lipinski definition) is 9. The lowest BCUT2D eigenvalue weighted by Crippen LogP contribution is -2.42. The summed E-state index contributed by atoms with van der Waals surface area (Å²) < 4.78 is 30.2. The van der Waals surface area contributed by atoms with Gasteiger partial charge in [-0.3, -0.25) is 4.79 Å². The summed E-state index contributed by atoms with van der Waals surface area (Å²) >= 11 is 2.73. The van der Waals surface area contributed by atoms with Crippen LogP contribution in [0.5, 0.6) is 0 Å². The zero-order valence-electron chi connectivity index (χ0n) is 16.4. The number of anilines is 2. The summed E-state index contributed by atoms with van der Waals surface area (Å²) in [6, 6.07) is 8.92. The van der Waals surface area contributed by atoms with E-state index in [1.165, 1.54) is 23.1 Å². The van der Waals surface area contributed by atoms with Gasteiger partial charge in [0.05, 0.1) is 29.4 Å². The zero-order valence-corrected chi connectivity index (χ0v) is 18.8. The number of amides is 1. The second-order valence-corrected chi connectivity index (χ2v) is 11.8. The lowest BCUT2D eigenvalue weighted by atomic mass is 10.2. The number of carbonyl (C=O) groups excluding carboxylic acids is 1. The van der Waals surface area contributed by atoms with Crippen LogP contribution < -0.4 is 10.2 Å². The number of sulfone groups is 1. The summed E-state index contributed by atoms with van der Waals surface area (Å²) in [6.45, 7) is 1.52. The van der Waals surface area contributed by atoms with Crippen molar-refractivity contribution in [3.8, 4) is 0 Å². The second kappa shape index (κ2) is 9.63. The van der Waals surface area contributed by atoms with Crippen molar-refractivity contribution in [3.05, 3.63) is 30.3 Å². The van der Waals surface area contributed by atoms with Crippen LogP contribution in [0, 0.1) is 0 Å². The van der Waals surface area contributed by atoms with Gasteiger partial charge < -0.3 is 15.0 Å². The van der Waals surface area contributed by atoms with Crippen molar-refractivity contribution in [1.29, 1.82) is 0 Å². The van der Waals surface area contributed by atoms with Crippen molar-refractivity contribution in [1.82, 2.24) is 10.2 Å². The van der Waals surface area contributed by atoms with Crippen LogP contribution in [-0.4, -0.2) is 67.1 Å². The lowest BCUT2D eigenvalue weighted by molar-refractivity contribution is -0.116. The van der Waals surface area contributed by atoms with Crippen molar-refractivity contribution in [2.75, 3.05) is 40.6 Å². The third-order valence-electron chi connectivity index (χ3n) is 5.11. The third-order valence-corrected chi connectivity index (χ3v) is 8.86. The van der Waals surface area contributed by atoms with Gasteiger partial charge in [-0.2, -0.15) is 0 Å². The van der Waals surface area contributed by atoms with Crippen LogP contribution in [0.15, 0.2) is 34.7 Å². The van der Waals surface area contributed by atoms with Gasteiger partial charge in [-0.1, -0.05) is 41.3 Å². The van der Waals surface area contributed by atoms with Gasteiger partial charge >= 0.3 is 0 Å². The first-order valence-corrected chi connectivity index (χ1v) is 13.5. The summed E-state index contributed by atoms with van der Waals surface area (Å²) in [5.41, 5.74) is 0.724. The molecule has 2 atom stereocenters. The van der Waals surface area contributed by atoms with E-state index in [1.54, 1.807) is 4.90 Å². The molecule has 1 aromatic carbocycles. The van der Waals surface area contributed by atoms with Crippen LogP contribution in [0.4, 0.5) is 10.8 Å². The van der Waals surface area contributed by atoms with Crippen molar-refractivity contribution in [2.45, 2.75) is 35.7 Å². The van der Waals surface area contributed by atoms with Crippen LogP contribution in [0.25, 0.3) is 0 Å². The predicted molar refractivity (Wildman–Crippen MR) is 119 cm³/mol. The monoisotopic (exact) mass is 468 g/mol. The molecule has 3 heterocycles. The van der Waals surface area contributed by atoms with E-state index in [4.69, 9.17) is 4.74 Å². The summed E-state index contributed by atoms with van der Waals surface area (Å²) in [5, 5.41) is 12.2. The quantitative estimate of drug-likeness (QED) is 0.590. The molecular weight excluding hydrogens is 444 g/mol. The molecule has 8 nitrogen and oxygen atoms in total. The van der Waals surface area contributed by atoms with Gasteiger partial charge in [0, 0.05) is 18.8 Å². The van der Waals surface area contributed by atoms with E-state index >= 15 is 0 Å². The predicted octanol–water partition coefficient (Wildman–Crippen LogP) is 2.44. The van der Waals surface area contributed by atoms with Crippen LogP contribution in [0.1, 0.15) is 19.3 Å². The maximum atomic E-state index is 13.1. The maximum Gasteiger partial charge on any atom is 0.237 e. The minimum Gasteiger partial charge on any atom is -0.376 e. The van der Waals surface area contributed by atoms with Gasteiger partial charge in [0.15, 0.2) is 14.2 Å². The molecule has 0 unspecified atom stereocenters. The lowest BCUT2D eigenvalue weighted by Gasteiger charge is -2.28. The fourth-order valence-electron chi connectivity index (χ4n) is 3.67. The summed E-state index contributed by atoms with van der Waals surface area (Å²) in [7, 11) is -3.10. The first-order chi connectivity index (χ1) is 14.5. The van der Waals surface area contributed by atoms with E-state index in [2.05, 4.69) is 15.5 Å². The minimum atomic E-state index is -3.10. The van der Waals surface area contributed by atoms with Crippen molar-refractivity contribution >= 4 is 49.7 Å². The molecule has 2 fully saturated rings. The maximum absolute atomic E-state index is 13.1. The van der Waals surface area contributed by atoms with Crippen molar-refractivity contribution in [3.63, 3.8) is 0 Å². The molecule has 4 rings (SSSR count). The number of nitrogens with one attached hydrogen (secondary N) is 1. The van der Waals surface area contributed by atoms with E-state index in [1.807, 2.05) is 30.3 Å². The molecule has 1 amide bonds. The Balaban J connectivity index is 1.37. The molecule has 2 aromatic rings. The molecule has 162 valence electrons. The molecule has 1 aromatic heterocycles. The van der Waals surface area contributed by atoms with E-state index in [0.29, 0.717) is 22.4 Å². The molecule has 0 radical (unpaired) electrons. The largest absolute Gasteiger partial charge is 0.376 e. The summed E-state index contributed by atoms with van der Waals surface area (Å²) in [6.07, 6.45) is 2.82. The Morgan fingerprint density at radius 1 is 1.27 bits per heavy atom. The first-order valence-electron chi connectivity index (χ1n) is 9.89. The average molecular weight is 469 g/mol. The third kappa shape index (κ3) is 5.51. The Kier molecular flexibility index (Phi) is 6.91. The van der Waals surface area contributed by atoms with Crippen molar-refractivity contribution < 1.29 is 17.9 Å². The van der Waals surface area contributed by atoms with Gasteiger partial charge in [0.2, 0.25) is 11.0 Å². The second-order valence-electron chi connectivity index (χ2n) is 7.33. The van der Waals surface area contributed by atoms with Gasteiger partial charge in [0.25, 0.3) is 0 Å². The average Bonchev–Trinajstić information content (AvgIpc) is 3.47. The number of thioether (sulfide) groups is 1. The number of rotatable bonds is 8. The summed E-state index contributed by atoms with van der Waals surface area (Å²) in [4.78, 5) is 14.7. The smallest absolute Gasteiger partial charge is 0.237 e. The minimum absolute atomic E-state index is 0.00835. The number of para-hydroxylation sites is 1. The van der Waals surface area contributed by atoms with Gasteiger partial charge in [-0.15, -0.1) is 10.2 Å². The number of ether oxygens (including phenoxy) is 1. The molecule has 1 N–H and O–H groups in total. The molecule has 0 aliphatic carbocycles. The Hall–Kier alpha value is -1.69. The van der Waals surface area contributed by atoms with Crippen LogP contribution >= 0.6 is 23.1 Å². The molecular formula is C19H24N4O4S3. The molecule has 2 aliphatic heterocycles. The fraction of sp³-hybridized carbons (Fsp3) is 0.526. The SMILES string of the molecule is O=C(CSc1nnc(NC[C@H]2CCCO2)s1)N(c1ccccc1)[C@H]1CCS(=O)(=O)C1. The number of hydrogen-bond donors (Lipinski definition) is 1. The van der Waals surface area contributed by atoms with Gasteiger partial charge in [-0.05, 0) is 31.4 Å². The van der Waals surface area contributed by atoms with E-state index < -0.39 is 9.84 Å². The first kappa shape index (κ1) is 21.5. The molecule has 0 saturated carbocycles. The Morgan fingerprint density at radius 3 is 2.80 bits per heavy atom. The molecule has 2 saturated heterocycles. The highest BCUT2D eigenvalue weighted by Crippen LogP contribution is 2.29. The normalized spacial score (nSPS) is 22.8.